The molecule has 0 fully saturated rings. The number of anilines is 2. The summed E-state index contributed by atoms with van der Waals surface area (Å²) >= 11 is 0. The van der Waals surface area contributed by atoms with Crippen LogP contribution in [0.3, 0.4) is 0 Å². The second kappa shape index (κ2) is 6.26. The highest BCUT2D eigenvalue weighted by Crippen LogP contribution is 2.26. The molecule has 0 saturated heterocycles. The molecule has 4 nitrogen and oxygen atoms in total. The molecule has 1 aromatic rings. The summed E-state index contributed by atoms with van der Waals surface area (Å²) < 4.78 is 26.3. The molecule has 19 heavy (non-hydrogen) atoms. The minimum Gasteiger partial charge on any atom is -0.324 e. The lowest BCUT2D eigenvalue weighted by Gasteiger charge is -2.14. The Hall–Kier alpha value is -1.98. The van der Waals surface area contributed by atoms with Crippen LogP contribution in [0.4, 0.5) is 20.2 Å². The predicted molar refractivity (Wildman–Crippen MR) is 68.7 cm³/mol. The molecule has 0 aliphatic rings. The van der Waals surface area contributed by atoms with Crippen LogP contribution < -0.4 is 10.6 Å². The van der Waals surface area contributed by atoms with E-state index in [-0.39, 0.29) is 23.2 Å². The van der Waals surface area contributed by atoms with Crippen molar-refractivity contribution in [2.45, 2.75) is 27.2 Å². The van der Waals surface area contributed by atoms with Gasteiger partial charge in [-0.1, -0.05) is 13.8 Å². The van der Waals surface area contributed by atoms with Gasteiger partial charge < -0.3 is 10.6 Å². The molecule has 6 heteroatoms. The Balaban J connectivity index is 3.06. The van der Waals surface area contributed by atoms with Gasteiger partial charge in [0.2, 0.25) is 11.8 Å². The lowest BCUT2D eigenvalue weighted by atomic mass is 10.1. The van der Waals surface area contributed by atoms with Crippen molar-refractivity contribution in [1.82, 2.24) is 0 Å². The summed E-state index contributed by atoms with van der Waals surface area (Å²) in [5.41, 5.74) is 0.0717. The van der Waals surface area contributed by atoms with E-state index in [1.807, 2.05) is 6.92 Å². The molecule has 0 saturated carbocycles. The Bertz CT molecular complexity index is 504. The highest BCUT2D eigenvalue weighted by atomic mass is 19.2. The first-order chi connectivity index (χ1) is 8.85. The number of rotatable bonds is 4. The molecule has 0 aliphatic carbocycles. The van der Waals surface area contributed by atoms with Gasteiger partial charge in [0.05, 0.1) is 11.4 Å². The highest BCUT2D eigenvalue weighted by molar-refractivity contribution is 5.99. The average Bonchev–Trinajstić information content (AvgIpc) is 2.33. The molecule has 0 radical (unpaired) electrons. The summed E-state index contributed by atoms with van der Waals surface area (Å²) in [7, 11) is 0. The van der Waals surface area contributed by atoms with Gasteiger partial charge in [0.25, 0.3) is 0 Å². The minimum absolute atomic E-state index is 0.0306. The monoisotopic (exact) mass is 270 g/mol. The Morgan fingerprint density at radius 1 is 1.16 bits per heavy atom. The third-order valence-electron chi connectivity index (χ3n) is 2.69. The smallest absolute Gasteiger partial charge is 0.227 e. The summed E-state index contributed by atoms with van der Waals surface area (Å²) in [5, 5.41) is 4.82. The Morgan fingerprint density at radius 2 is 1.63 bits per heavy atom. The summed E-state index contributed by atoms with van der Waals surface area (Å²) in [6, 6.07) is 1.68. The third kappa shape index (κ3) is 4.01. The van der Waals surface area contributed by atoms with Crippen LogP contribution in [0.1, 0.15) is 27.2 Å². The van der Waals surface area contributed by atoms with Gasteiger partial charge in [-0.2, -0.15) is 0 Å². The number of hydrogen-bond donors (Lipinski definition) is 2. The lowest BCUT2D eigenvalue weighted by Crippen LogP contribution is -2.21. The second-order valence-corrected chi connectivity index (χ2v) is 4.29. The lowest BCUT2D eigenvalue weighted by molar-refractivity contribution is -0.119. The third-order valence-corrected chi connectivity index (χ3v) is 2.69. The molecule has 0 bridgehead atoms. The van der Waals surface area contributed by atoms with Crippen LogP contribution in [0.5, 0.6) is 0 Å². The normalized spacial score (nSPS) is 11.8. The van der Waals surface area contributed by atoms with Gasteiger partial charge >= 0.3 is 0 Å². The molecule has 104 valence electrons. The van der Waals surface area contributed by atoms with Gasteiger partial charge in [-0.25, -0.2) is 8.78 Å². The molecule has 1 rings (SSSR count). The number of hydrogen-bond acceptors (Lipinski definition) is 2. The van der Waals surface area contributed by atoms with Crippen LogP contribution in [0.25, 0.3) is 0 Å². The van der Waals surface area contributed by atoms with Crippen molar-refractivity contribution in [2.24, 2.45) is 5.92 Å². The summed E-state index contributed by atoms with van der Waals surface area (Å²) in [4.78, 5) is 22.7. The summed E-state index contributed by atoms with van der Waals surface area (Å²) in [6.07, 6.45) is 0.616. The Morgan fingerprint density at radius 3 is 2.05 bits per heavy atom. The van der Waals surface area contributed by atoms with Gasteiger partial charge in [-0.05, 0) is 6.42 Å². The number of amides is 2. The van der Waals surface area contributed by atoms with E-state index in [0.717, 1.165) is 12.1 Å². The molecular formula is C13H16F2N2O2. The van der Waals surface area contributed by atoms with Crippen molar-refractivity contribution < 1.29 is 18.4 Å². The van der Waals surface area contributed by atoms with Crippen LogP contribution in [-0.4, -0.2) is 11.8 Å². The van der Waals surface area contributed by atoms with E-state index in [0.29, 0.717) is 6.42 Å². The fraction of sp³-hybridized carbons (Fsp3) is 0.385. The number of carbonyl (C=O) groups excluding carboxylic acids is 2. The van der Waals surface area contributed by atoms with E-state index in [4.69, 9.17) is 0 Å². The van der Waals surface area contributed by atoms with Gasteiger partial charge in [-0.15, -0.1) is 0 Å². The molecule has 0 aromatic heterocycles. The zero-order valence-electron chi connectivity index (χ0n) is 11.0. The SMILES string of the molecule is CCC(C)C(=O)Nc1cc(F)c(F)cc1NC(C)=O. The van der Waals surface area contributed by atoms with Crippen LogP contribution in [0.15, 0.2) is 12.1 Å². The maximum atomic E-state index is 13.2. The van der Waals surface area contributed by atoms with Crippen LogP contribution in [-0.2, 0) is 9.59 Å². The molecular weight excluding hydrogens is 254 g/mol. The highest BCUT2D eigenvalue weighted by Gasteiger charge is 2.16. The van der Waals surface area contributed by atoms with Gasteiger partial charge in [0.15, 0.2) is 11.6 Å². The fourth-order valence-electron chi connectivity index (χ4n) is 1.38. The zero-order chi connectivity index (χ0) is 14.6. The number of benzene rings is 1. The van der Waals surface area contributed by atoms with Crippen LogP contribution >= 0.6 is 0 Å². The Kier molecular flexibility index (Phi) is 4.97. The number of carbonyl (C=O) groups is 2. The first-order valence-electron chi connectivity index (χ1n) is 5.92. The quantitative estimate of drug-likeness (QED) is 0.883. The van der Waals surface area contributed by atoms with E-state index in [9.17, 15) is 18.4 Å². The maximum absolute atomic E-state index is 13.2. The fourth-order valence-corrected chi connectivity index (χ4v) is 1.38. The van der Waals surface area contributed by atoms with Crippen molar-refractivity contribution in [2.75, 3.05) is 10.6 Å². The standard InChI is InChI=1S/C13H16F2N2O2/c1-4-7(2)13(19)17-12-6-10(15)9(14)5-11(12)16-8(3)18/h5-7H,4H2,1-3H3,(H,16,18)(H,17,19). The van der Waals surface area contributed by atoms with Gasteiger partial charge in [0, 0.05) is 25.0 Å². The van der Waals surface area contributed by atoms with Crippen LogP contribution in [0, 0.1) is 17.6 Å². The summed E-state index contributed by atoms with van der Waals surface area (Å²) in [6.45, 7) is 4.79. The van der Waals surface area contributed by atoms with Crippen LogP contribution in [0.2, 0.25) is 0 Å². The molecule has 1 aromatic carbocycles. The minimum atomic E-state index is -1.09. The molecule has 0 spiro atoms. The predicted octanol–water partition coefficient (Wildman–Crippen LogP) is 2.91. The van der Waals surface area contributed by atoms with Crippen molar-refractivity contribution >= 4 is 23.2 Å². The van der Waals surface area contributed by atoms with E-state index < -0.39 is 17.5 Å². The molecule has 2 N–H and O–H groups in total. The molecule has 2 amide bonds. The van der Waals surface area contributed by atoms with Crippen molar-refractivity contribution in [3.8, 4) is 0 Å². The molecule has 1 unspecified atom stereocenters. The van der Waals surface area contributed by atoms with E-state index >= 15 is 0 Å². The van der Waals surface area contributed by atoms with E-state index in [2.05, 4.69) is 10.6 Å². The molecule has 1 atom stereocenters. The average molecular weight is 270 g/mol. The first kappa shape index (κ1) is 15.1. The topological polar surface area (TPSA) is 58.2 Å². The van der Waals surface area contributed by atoms with Gasteiger partial charge in [-0.3, -0.25) is 9.59 Å². The second-order valence-electron chi connectivity index (χ2n) is 4.29. The molecule has 0 heterocycles. The molecule has 0 aliphatic heterocycles. The Labute approximate surface area is 110 Å². The maximum Gasteiger partial charge on any atom is 0.227 e. The summed E-state index contributed by atoms with van der Waals surface area (Å²) in [5.74, 6) is -3.21. The van der Waals surface area contributed by atoms with E-state index in [1.54, 1.807) is 6.92 Å². The first-order valence-corrected chi connectivity index (χ1v) is 5.92. The van der Waals surface area contributed by atoms with Crippen molar-refractivity contribution in [3.63, 3.8) is 0 Å². The number of nitrogens with one attached hydrogen (secondary N) is 2. The zero-order valence-corrected chi connectivity index (χ0v) is 11.0. The number of halogens is 2. The largest absolute Gasteiger partial charge is 0.324 e. The van der Waals surface area contributed by atoms with Gasteiger partial charge in [0.1, 0.15) is 0 Å². The van der Waals surface area contributed by atoms with Crippen molar-refractivity contribution in [1.29, 1.82) is 0 Å². The van der Waals surface area contributed by atoms with E-state index in [1.165, 1.54) is 6.92 Å². The van der Waals surface area contributed by atoms with Crippen molar-refractivity contribution in [3.05, 3.63) is 23.8 Å².